The molecule has 120 valence electrons. The second kappa shape index (κ2) is 6.28. The molecule has 3 rings (SSSR count). The summed E-state index contributed by atoms with van der Waals surface area (Å²) in [6.45, 7) is 5.98. The zero-order valence-corrected chi connectivity index (χ0v) is 14.0. The van der Waals surface area contributed by atoms with E-state index < -0.39 is 0 Å². The van der Waals surface area contributed by atoms with Crippen LogP contribution in [0, 0.1) is 30.9 Å². The molecule has 0 fully saturated rings. The van der Waals surface area contributed by atoms with E-state index in [1.807, 2.05) is 81.4 Å². The molecule has 0 saturated heterocycles. The monoisotopic (exact) mass is 317 g/mol. The maximum absolute atomic E-state index is 11.8. The standard InChI is InChI=1S/C21H19NO2/c1-14-4-8-17(9-5-14)19-12-16(3)13-20(21(19)22(23)24)18-10-6-15(2)7-11-18/h4-13H,1-3H3. The molecule has 0 heterocycles. The zero-order valence-electron chi connectivity index (χ0n) is 14.0. The summed E-state index contributed by atoms with van der Waals surface area (Å²) in [5, 5.41) is 11.8. The number of nitro benzene ring substituents is 1. The van der Waals surface area contributed by atoms with E-state index in [9.17, 15) is 10.1 Å². The first-order valence-electron chi connectivity index (χ1n) is 7.89. The van der Waals surface area contributed by atoms with Crippen LogP contribution >= 0.6 is 0 Å². The molecule has 3 heteroatoms. The van der Waals surface area contributed by atoms with Gasteiger partial charge in [-0.05, 0) is 49.6 Å². The van der Waals surface area contributed by atoms with Crippen molar-refractivity contribution in [3.8, 4) is 22.3 Å². The van der Waals surface area contributed by atoms with Crippen LogP contribution in [-0.4, -0.2) is 4.92 Å². The second-order valence-electron chi connectivity index (χ2n) is 6.20. The Morgan fingerprint density at radius 3 is 1.38 bits per heavy atom. The summed E-state index contributed by atoms with van der Waals surface area (Å²) in [4.78, 5) is 11.6. The minimum Gasteiger partial charge on any atom is -0.258 e. The fraction of sp³-hybridized carbons (Fsp3) is 0.143. The predicted molar refractivity (Wildman–Crippen MR) is 98.2 cm³/mol. The van der Waals surface area contributed by atoms with Gasteiger partial charge in [-0.25, -0.2) is 0 Å². The minimum atomic E-state index is -0.274. The van der Waals surface area contributed by atoms with Crippen molar-refractivity contribution in [3.05, 3.63) is 87.5 Å². The summed E-state index contributed by atoms with van der Waals surface area (Å²) < 4.78 is 0. The molecule has 0 aliphatic heterocycles. The summed E-state index contributed by atoms with van der Waals surface area (Å²) in [6.07, 6.45) is 0. The number of benzene rings is 3. The number of nitrogens with zero attached hydrogens (tertiary/aromatic N) is 1. The van der Waals surface area contributed by atoms with Crippen LogP contribution in [-0.2, 0) is 0 Å². The van der Waals surface area contributed by atoms with Gasteiger partial charge in [0.25, 0.3) is 5.69 Å². The molecule has 3 aromatic rings. The van der Waals surface area contributed by atoms with Crippen LogP contribution in [0.4, 0.5) is 5.69 Å². The van der Waals surface area contributed by atoms with Crippen LogP contribution in [0.25, 0.3) is 22.3 Å². The van der Waals surface area contributed by atoms with Crippen molar-refractivity contribution in [2.24, 2.45) is 0 Å². The van der Waals surface area contributed by atoms with Crippen molar-refractivity contribution in [1.82, 2.24) is 0 Å². The van der Waals surface area contributed by atoms with Crippen molar-refractivity contribution in [2.45, 2.75) is 20.8 Å². The maximum atomic E-state index is 11.8. The highest BCUT2D eigenvalue weighted by molar-refractivity contribution is 5.86. The number of aryl methyl sites for hydroxylation is 3. The normalized spacial score (nSPS) is 10.6. The van der Waals surface area contributed by atoms with Gasteiger partial charge in [0.2, 0.25) is 0 Å². The van der Waals surface area contributed by atoms with E-state index in [-0.39, 0.29) is 10.6 Å². The Hall–Kier alpha value is -2.94. The molecule has 0 aliphatic carbocycles. The molecule has 0 radical (unpaired) electrons. The van der Waals surface area contributed by atoms with Crippen molar-refractivity contribution >= 4 is 5.69 Å². The van der Waals surface area contributed by atoms with E-state index >= 15 is 0 Å². The molecular weight excluding hydrogens is 298 g/mol. The van der Waals surface area contributed by atoms with Gasteiger partial charge in [-0.2, -0.15) is 0 Å². The number of rotatable bonds is 3. The minimum absolute atomic E-state index is 0.160. The molecule has 3 aromatic carbocycles. The molecule has 0 spiro atoms. The molecular formula is C21H19NO2. The van der Waals surface area contributed by atoms with Gasteiger partial charge in [-0.1, -0.05) is 59.7 Å². The lowest BCUT2D eigenvalue weighted by Gasteiger charge is -2.11. The van der Waals surface area contributed by atoms with E-state index in [0.29, 0.717) is 11.1 Å². The van der Waals surface area contributed by atoms with Gasteiger partial charge in [0, 0.05) is 0 Å². The van der Waals surface area contributed by atoms with Crippen LogP contribution in [0.15, 0.2) is 60.7 Å². The van der Waals surface area contributed by atoms with E-state index in [1.165, 1.54) is 0 Å². The highest BCUT2D eigenvalue weighted by atomic mass is 16.6. The highest BCUT2D eigenvalue weighted by Crippen LogP contribution is 2.39. The summed E-state index contributed by atoms with van der Waals surface area (Å²) in [6, 6.07) is 19.5. The topological polar surface area (TPSA) is 43.1 Å². The maximum Gasteiger partial charge on any atom is 0.284 e. The molecule has 0 bridgehead atoms. The van der Waals surface area contributed by atoms with Gasteiger partial charge in [0.15, 0.2) is 0 Å². The smallest absolute Gasteiger partial charge is 0.258 e. The zero-order chi connectivity index (χ0) is 17.3. The van der Waals surface area contributed by atoms with Crippen molar-refractivity contribution in [3.63, 3.8) is 0 Å². The van der Waals surface area contributed by atoms with Gasteiger partial charge in [0.1, 0.15) is 0 Å². The average Bonchev–Trinajstić information content (AvgIpc) is 2.55. The fourth-order valence-electron chi connectivity index (χ4n) is 2.88. The van der Waals surface area contributed by atoms with E-state index in [2.05, 4.69) is 0 Å². The van der Waals surface area contributed by atoms with Gasteiger partial charge in [-0.15, -0.1) is 0 Å². The third-order valence-corrected chi connectivity index (χ3v) is 4.16. The molecule has 0 N–H and O–H groups in total. The van der Waals surface area contributed by atoms with Crippen LogP contribution in [0.2, 0.25) is 0 Å². The van der Waals surface area contributed by atoms with Crippen molar-refractivity contribution in [1.29, 1.82) is 0 Å². The Balaban J connectivity index is 2.28. The van der Waals surface area contributed by atoms with Gasteiger partial charge >= 0.3 is 0 Å². The first-order valence-corrected chi connectivity index (χ1v) is 7.89. The number of hydrogen-bond acceptors (Lipinski definition) is 2. The third-order valence-electron chi connectivity index (χ3n) is 4.16. The quantitative estimate of drug-likeness (QED) is 0.449. The lowest BCUT2D eigenvalue weighted by molar-refractivity contribution is -0.383. The Bertz CT molecular complexity index is 828. The SMILES string of the molecule is Cc1ccc(-c2cc(C)cc(-c3ccc(C)cc3)c2[N+](=O)[O-])cc1. The second-order valence-corrected chi connectivity index (χ2v) is 6.20. The lowest BCUT2D eigenvalue weighted by atomic mass is 9.93. The molecule has 24 heavy (non-hydrogen) atoms. The lowest BCUT2D eigenvalue weighted by Crippen LogP contribution is -1.97. The van der Waals surface area contributed by atoms with E-state index in [0.717, 1.165) is 27.8 Å². The van der Waals surface area contributed by atoms with Crippen LogP contribution in [0.5, 0.6) is 0 Å². The number of hydrogen-bond donors (Lipinski definition) is 0. The van der Waals surface area contributed by atoms with Gasteiger partial charge in [0.05, 0.1) is 16.1 Å². The summed E-state index contributed by atoms with van der Waals surface area (Å²) in [5.41, 5.74) is 6.49. The summed E-state index contributed by atoms with van der Waals surface area (Å²) in [5.74, 6) is 0. The van der Waals surface area contributed by atoms with Gasteiger partial charge < -0.3 is 0 Å². The van der Waals surface area contributed by atoms with Crippen molar-refractivity contribution in [2.75, 3.05) is 0 Å². The first-order chi connectivity index (χ1) is 11.5. The van der Waals surface area contributed by atoms with E-state index in [1.54, 1.807) is 0 Å². The Morgan fingerprint density at radius 2 is 1.04 bits per heavy atom. The van der Waals surface area contributed by atoms with Gasteiger partial charge in [-0.3, -0.25) is 10.1 Å². The van der Waals surface area contributed by atoms with Crippen molar-refractivity contribution < 1.29 is 4.92 Å². The highest BCUT2D eigenvalue weighted by Gasteiger charge is 2.22. The molecule has 0 unspecified atom stereocenters. The molecule has 0 amide bonds. The Labute approximate surface area is 141 Å². The largest absolute Gasteiger partial charge is 0.284 e. The third kappa shape index (κ3) is 3.06. The first kappa shape index (κ1) is 15.9. The molecule has 3 nitrogen and oxygen atoms in total. The average molecular weight is 317 g/mol. The number of nitro groups is 1. The molecule has 0 atom stereocenters. The Morgan fingerprint density at radius 1 is 0.667 bits per heavy atom. The molecule has 0 aromatic heterocycles. The summed E-state index contributed by atoms with van der Waals surface area (Å²) in [7, 11) is 0. The van der Waals surface area contributed by atoms with Crippen LogP contribution in [0.1, 0.15) is 16.7 Å². The molecule has 0 aliphatic rings. The van der Waals surface area contributed by atoms with Crippen LogP contribution in [0.3, 0.4) is 0 Å². The Kier molecular flexibility index (Phi) is 4.17. The molecule has 0 saturated carbocycles. The summed E-state index contributed by atoms with van der Waals surface area (Å²) >= 11 is 0. The fourth-order valence-corrected chi connectivity index (χ4v) is 2.88. The van der Waals surface area contributed by atoms with Crippen LogP contribution < -0.4 is 0 Å². The van der Waals surface area contributed by atoms with E-state index in [4.69, 9.17) is 0 Å². The predicted octanol–water partition coefficient (Wildman–Crippen LogP) is 5.85.